The van der Waals surface area contributed by atoms with E-state index in [1.54, 1.807) is 20.2 Å². The van der Waals surface area contributed by atoms with Gasteiger partial charge in [-0.25, -0.2) is 0 Å². The fraction of sp³-hybridized carbons (Fsp3) is 0.500. The van der Waals surface area contributed by atoms with E-state index in [2.05, 4.69) is 0 Å². The highest BCUT2D eigenvalue weighted by atomic mass is 16.3. The smallest absolute Gasteiger partial charge is 0.202 e. The van der Waals surface area contributed by atoms with Crippen LogP contribution in [0.2, 0.25) is 0 Å². The van der Waals surface area contributed by atoms with Gasteiger partial charge in [0.25, 0.3) is 0 Å². The van der Waals surface area contributed by atoms with Crippen molar-refractivity contribution in [1.29, 1.82) is 0 Å². The molecule has 37 heavy (non-hydrogen) atoms. The lowest BCUT2D eigenvalue weighted by Crippen LogP contribution is -2.65. The Morgan fingerprint density at radius 3 is 2.14 bits per heavy atom. The van der Waals surface area contributed by atoms with Gasteiger partial charge in [-0.15, -0.1) is 0 Å². The monoisotopic (exact) mass is 511 g/mol. The fourth-order valence-electron chi connectivity index (χ4n) is 6.30. The Balaban J connectivity index is 2.04. The van der Waals surface area contributed by atoms with Gasteiger partial charge in [0.05, 0.1) is 11.6 Å². The van der Waals surface area contributed by atoms with Crippen molar-refractivity contribution in [1.82, 2.24) is 4.90 Å². The number of fused-ring (bicyclic) bond motifs is 3. The molecule has 9 nitrogen and oxygen atoms in total. The minimum atomic E-state index is -2.62. The largest absolute Gasteiger partial charge is 0.508 e. The number of rotatable bonds is 3. The molecule has 4 N–H and O–H groups in total. The molecule has 1 aromatic rings. The van der Waals surface area contributed by atoms with E-state index in [0.717, 1.165) is 6.92 Å². The molecule has 0 bridgehead atoms. The maximum absolute atomic E-state index is 13.9. The summed E-state index contributed by atoms with van der Waals surface area (Å²) in [5, 5.41) is 45.3. The van der Waals surface area contributed by atoms with E-state index in [1.165, 1.54) is 11.8 Å². The first-order chi connectivity index (χ1) is 17.0. The number of nitrogens with zero attached hydrogens (tertiary/aromatic N) is 1. The highest BCUT2D eigenvalue weighted by Gasteiger charge is 2.64. The van der Waals surface area contributed by atoms with Crippen molar-refractivity contribution in [3.63, 3.8) is 0 Å². The Kier molecular flexibility index (Phi) is 6.04. The summed E-state index contributed by atoms with van der Waals surface area (Å²) in [6.45, 7) is 7.95. The van der Waals surface area contributed by atoms with E-state index in [0.29, 0.717) is 16.7 Å². The zero-order valence-corrected chi connectivity index (χ0v) is 22.1. The molecule has 1 saturated carbocycles. The summed E-state index contributed by atoms with van der Waals surface area (Å²) in [6, 6.07) is 0.522. The number of hydrogen-bond acceptors (Lipinski definition) is 9. The second-order valence-corrected chi connectivity index (χ2v) is 11.6. The molecule has 9 heteroatoms. The number of phenols is 1. The number of hydrogen-bond donors (Lipinski definition) is 4. The number of likely N-dealkylation sites (N-methyl/N-ethyl adjacent to an activating group) is 1. The second kappa shape index (κ2) is 8.36. The van der Waals surface area contributed by atoms with Crippen molar-refractivity contribution in [2.75, 3.05) is 14.1 Å². The quantitative estimate of drug-likeness (QED) is 0.354. The van der Waals surface area contributed by atoms with Gasteiger partial charge in [0.15, 0.2) is 23.0 Å². The molecule has 1 aromatic carbocycles. The molecule has 0 radical (unpaired) electrons. The van der Waals surface area contributed by atoms with E-state index < -0.39 is 63.3 Å². The maximum Gasteiger partial charge on any atom is 0.202 e. The molecule has 3 aliphatic rings. The Morgan fingerprint density at radius 1 is 1.05 bits per heavy atom. The third-order valence-electron chi connectivity index (χ3n) is 8.01. The number of Topliss-reactive ketones (excluding diaryl/α,β-unsaturated/α-hetero) is 4. The van der Waals surface area contributed by atoms with Gasteiger partial charge in [0.2, 0.25) is 5.78 Å². The van der Waals surface area contributed by atoms with Crippen LogP contribution in [0.5, 0.6) is 5.75 Å². The van der Waals surface area contributed by atoms with Gasteiger partial charge in [-0.05, 0) is 63.7 Å². The molecule has 0 saturated heterocycles. The average molecular weight is 512 g/mol. The van der Waals surface area contributed by atoms with Gasteiger partial charge in [-0.2, -0.15) is 0 Å². The molecule has 0 amide bonds. The SMILES string of the molecule is CC(=O)C1=C(O)[C@@]2(O)C(=O)C3=C(O)c4c(O)c(C(C)(C)C)cc(C(C)=O)c4C[C@H]3C[C@H]2[C@H](N(C)C)C1=O. The van der Waals surface area contributed by atoms with Crippen molar-refractivity contribution in [2.45, 2.75) is 64.5 Å². The normalized spacial score (nSPS) is 27.8. The van der Waals surface area contributed by atoms with Crippen molar-refractivity contribution in [2.24, 2.45) is 11.8 Å². The second-order valence-electron chi connectivity index (χ2n) is 11.6. The van der Waals surface area contributed by atoms with Crippen molar-refractivity contribution in [3.05, 3.63) is 45.2 Å². The predicted molar refractivity (Wildman–Crippen MR) is 134 cm³/mol. The van der Waals surface area contributed by atoms with Gasteiger partial charge >= 0.3 is 0 Å². The number of phenolic OH excluding ortho intramolecular Hbond substituents is 1. The van der Waals surface area contributed by atoms with Crippen LogP contribution in [0.15, 0.2) is 23.0 Å². The Morgan fingerprint density at radius 2 is 1.65 bits per heavy atom. The van der Waals surface area contributed by atoms with Crippen LogP contribution in [0.1, 0.15) is 68.1 Å². The van der Waals surface area contributed by atoms with E-state index >= 15 is 0 Å². The van der Waals surface area contributed by atoms with E-state index in [4.69, 9.17) is 0 Å². The lowest BCUT2D eigenvalue weighted by molar-refractivity contribution is -0.153. The van der Waals surface area contributed by atoms with Crippen LogP contribution < -0.4 is 0 Å². The number of aliphatic hydroxyl groups excluding tert-OH is 2. The molecular weight excluding hydrogens is 478 g/mol. The van der Waals surface area contributed by atoms with Gasteiger partial charge in [-0.3, -0.25) is 24.1 Å². The molecule has 0 aliphatic heterocycles. The minimum absolute atomic E-state index is 0.00400. The Labute approximate surface area is 215 Å². The van der Waals surface area contributed by atoms with Gasteiger partial charge in [0, 0.05) is 22.6 Å². The minimum Gasteiger partial charge on any atom is -0.508 e. The lowest BCUT2D eigenvalue weighted by Gasteiger charge is -2.50. The molecule has 0 aromatic heterocycles. The van der Waals surface area contributed by atoms with Crippen molar-refractivity contribution >= 4 is 28.9 Å². The summed E-state index contributed by atoms with van der Waals surface area (Å²) < 4.78 is 0. The van der Waals surface area contributed by atoms with Crippen LogP contribution >= 0.6 is 0 Å². The molecule has 0 unspecified atom stereocenters. The number of carbonyl (C=O) groups excluding carboxylic acids is 4. The summed E-state index contributed by atoms with van der Waals surface area (Å²) in [7, 11) is 3.15. The summed E-state index contributed by atoms with van der Waals surface area (Å²) in [4.78, 5) is 53.6. The Bertz CT molecular complexity index is 1340. The molecule has 4 atom stereocenters. The first kappa shape index (κ1) is 26.8. The van der Waals surface area contributed by atoms with E-state index in [-0.39, 0.29) is 35.5 Å². The zero-order valence-electron chi connectivity index (χ0n) is 22.1. The maximum atomic E-state index is 13.9. The molecular formula is C28H33NO8. The highest BCUT2D eigenvalue weighted by molar-refractivity contribution is 6.25. The number of aromatic hydroxyl groups is 1. The first-order valence-electron chi connectivity index (χ1n) is 12.2. The predicted octanol–water partition coefficient (Wildman–Crippen LogP) is 2.57. The molecule has 0 heterocycles. The molecule has 3 aliphatic carbocycles. The van der Waals surface area contributed by atoms with Crippen LogP contribution in [0, 0.1) is 11.8 Å². The lowest BCUT2D eigenvalue weighted by atomic mass is 9.57. The summed E-state index contributed by atoms with van der Waals surface area (Å²) >= 11 is 0. The standard InChI is InChI=1S/C28H33NO8/c1-11(30)14-10-17(27(3,4)5)22(32)20-15(14)8-13-9-16-21(29(6)7)24(34)18(12(2)31)25(35)28(16,37)26(36)19(13)23(20)33/h10,13,16,21,32-33,35,37H,8-9H2,1-7H3/t13-,16-,21-,28+/m0/s1. The van der Waals surface area contributed by atoms with Crippen molar-refractivity contribution < 1.29 is 39.6 Å². The van der Waals surface area contributed by atoms with Gasteiger partial charge in [-0.1, -0.05) is 20.8 Å². The van der Waals surface area contributed by atoms with Crippen LogP contribution in [-0.2, 0) is 26.2 Å². The van der Waals surface area contributed by atoms with Gasteiger partial charge < -0.3 is 20.4 Å². The summed E-state index contributed by atoms with van der Waals surface area (Å²) in [6.07, 6.45) is 0.0996. The van der Waals surface area contributed by atoms with Crippen LogP contribution in [0.3, 0.4) is 0 Å². The summed E-state index contributed by atoms with van der Waals surface area (Å²) in [5.74, 6) is -6.47. The third kappa shape index (κ3) is 3.59. The average Bonchev–Trinajstić information content (AvgIpc) is 2.74. The zero-order chi connectivity index (χ0) is 27.9. The topological polar surface area (TPSA) is 152 Å². The summed E-state index contributed by atoms with van der Waals surface area (Å²) in [5.41, 5.74) is -3.03. The Hall–Kier alpha value is -3.30. The van der Waals surface area contributed by atoms with Crippen molar-refractivity contribution in [3.8, 4) is 5.75 Å². The van der Waals surface area contributed by atoms with Gasteiger partial charge in [0.1, 0.15) is 22.8 Å². The van der Waals surface area contributed by atoms with Crippen LogP contribution in [0.4, 0.5) is 0 Å². The molecule has 198 valence electrons. The van der Waals surface area contributed by atoms with Crippen LogP contribution in [0.25, 0.3) is 5.76 Å². The fourth-order valence-corrected chi connectivity index (χ4v) is 6.30. The number of carbonyl (C=O) groups is 4. The highest BCUT2D eigenvalue weighted by Crippen LogP contribution is 2.54. The number of benzene rings is 1. The molecule has 4 rings (SSSR count). The number of aliphatic hydroxyl groups is 3. The molecule has 0 spiro atoms. The number of ketones is 4. The molecule has 1 fully saturated rings. The van der Waals surface area contributed by atoms with E-state index in [1.807, 2.05) is 20.8 Å². The van der Waals surface area contributed by atoms with E-state index in [9.17, 15) is 39.6 Å². The van der Waals surface area contributed by atoms with Crippen LogP contribution in [-0.4, -0.2) is 74.2 Å². The first-order valence-corrected chi connectivity index (χ1v) is 12.2. The third-order valence-corrected chi connectivity index (χ3v) is 8.01.